The van der Waals surface area contributed by atoms with E-state index in [1.165, 1.54) is 0 Å². The van der Waals surface area contributed by atoms with E-state index in [1.54, 1.807) is 0 Å². The van der Waals surface area contributed by atoms with E-state index in [2.05, 4.69) is 0 Å². The van der Waals surface area contributed by atoms with Crippen LogP contribution < -0.4 is 0 Å². The van der Waals surface area contributed by atoms with E-state index in [9.17, 15) is 9.13 Å². The SMILES string of the molecule is [2H]C([2H])([3H])P([2H])(=O)[PH]([3H])=O. The lowest BCUT2D eigenvalue weighted by Crippen LogP contribution is -1.21. The molecule has 0 aliphatic carbocycles. The predicted octanol–water partition coefficient (Wildman–Crippen LogP) is 0.847. The molecule has 0 radical (unpaired) electrons. The number of hydrogen-bond donors (Lipinski definition) is 0. The molecule has 2 unspecified atom stereocenters. The predicted molar refractivity (Wildman–Crippen MR) is 25.3 cm³/mol. The third-order valence-corrected chi connectivity index (χ3v) is 0.746. The average Bonchev–Trinajstić information content (AvgIpc) is 1.62. The van der Waals surface area contributed by atoms with Crippen LogP contribution in [0.2, 0.25) is 0 Å². The van der Waals surface area contributed by atoms with Gasteiger partial charge in [0.25, 0.3) is 0 Å². The highest BCUT2D eigenvalue weighted by Crippen LogP contribution is 2.29. The molecular formula is CH6O2P2. The van der Waals surface area contributed by atoms with Crippen molar-refractivity contribution in [3.05, 3.63) is 0 Å². The molecule has 0 aliphatic heterocycles. The minimum atomic E-state index is -4.49. The van der Waals surface area contributed by atoms with Gasteiger partial charge in [-0.05, 0) is 6.59 Å². The second kappa shape index (κ2) is 2.68. The Morgan fingerprint density at radius 2 is 3.60 bits per heavy atom. The molecule has 0 fully saturated rings. The summed E-state index contributed by atoms with van der Waals surface area (Å²) in [5.74, 6) is 0. The van der Waals surface area contributed by atoms with Crippen molar-refractivity contribution in [1.29, 1.82) is 2.56 Å². The average molecular weight is 119 g/mol. The van der Waals surface area contributed by atoms with Crippen LogP contribution >= 0.6 is 15.5 Å². The minimum absolute atomic E-state index is 3.06. The van der Waals surface area contributed by atoms with Crippen molar-refractivity contribution in [3.8, 4) is 0 Å². The molecule has 2 nitrogen and oxygen atoms in total. The molecule has 0 bridgehead atoms. The maximum Gasteiger partial charge on any atom is 0.123 e. The molecule has 0 aliphatic rings. The summed E-state index contributed by atoms with van der Waals surface area (Å²) < 4.78 is 53.0. The zero-order valence-corrected chi connectivity index (χ0v) is 4.16. The van der Waals surface area contributed by atoms with Gasteiger partial charge in [0.05, 0.1) is 0 Å². The van der Waals surface area contributed by atoms with Crippen molar-refractivity contribution in [2.24, 2.45) is 0 Å². The first-order chi connectivity index (χ1) is 4.19. The first-order valence-corrected chi connectivity index (χ1v) is 3.84. The first kappa shape index (κ1) is 1.21. The molecule has 5 heavy (non-hydrogen) atoms. The van der Waals surface area contributed by atoms with E-state index < -0.39 is 22.1 Å². The summed E-state index contributed by atoms with van der Waals surface area (Å²) >= 11 is 0. The Labute approximate surface area is 39.2 Å². The molecule has 0 saturated heterocycles. The quantitative estimate of drug-likeness (QED) is 0.479. The van der Waals surface area contributed by atoms with Crippen molar-refractivity contribution in [3.63, 3.8) is 0 Å². The molecule has 32 valence electrons. The van der Waals surface area contributed by atoms with Crippen LogP contribution in [0.25, 0.3) is 0 Å². The molecule has 0 spiro atoms. The van der Waals surface area contributed by atoms with Crippen LogP contribution in [0, 0.1) is 0 Å². The molecule has 0 aromatic carbocycles. The van der Waals surface area contributed by atoms with E-state index in [0.717, 1.165) is 0 Å². The van der Waals surface area contributed by atoms with Crippen molar-refractivity contribution >= 4 is 15.5 Å². The Morgan fingerprint density at radius 1 is 3.00 bits per heavy atom. The van der Waals surface area contributed by atoms with Gasteiger partial charge in [-0.15, -0.1) is 0 Å². The highest BCUT2D eigenvalue weighted by molar-refractivity contribution is 8.09. The van der Waals surface area contributed by atoms with Gasteiger partial charge in [-0.3, -0.25) is 0 Å². The first-order valence-electron chi connectivity index (χ1n) is 3.28. The van der Waals surface area contributed by atoms with Crippen molar-refractivity contribution < 1.29 is 13.2 Å². The van der Waals surface area contributed by atoms with E-state index in [-0.39, 0.29) is 0 Å². The van der Waals surface area contributed by atoms with Crippen molar-refractivity contribution in [1.82, 2.24) is 0 Å². The molecule has 0 rings (SSSR count). The normalized spacial score (nSPS) is 44.4. The Balaban J connectivity index is 4.77. The molecule has 0 saturated carbocycles. The monoisotopic (exact) mass is 119 g/mol. The summed E-state index contributed by atoms with van der Waals surface area (Å²) in [5.41, 5.74) is 0. The van der Waals surface area contributed by atoms with Gasteiger partial charge in [-0.25, -0.2) is 0 Å². The van der Waals surface area contributed by atoms with Crippen molar-refractivity contribution in [2.75, 3.05) is 6.59 Å². The second-order valence-corrected chi connectivity index (χ2v) is 2.92. The molecule has 0 aromatic rings. The van der Waals surface area contributed by atoms with E-state index in [4.69, 9.17) is 6.67 Å². The zero-order chi connectivity index (χ0) is 8.58. The van der Waals surface area contributed by atoms with Gasteiger partial charge in [0.2, 0.25) is 0 Å². The summed E-state index contributed by atoms with van der Waals surface area (Å²) in [6.45, 7) is -3.06. The Bertz CT molecular complexity index is 194. The third-order valence-electron chi connectivity index (χ3n) is 0.0829. The lowest BCUT2D eigenvalue weighted by atomic mass is 12.0. The fraction of sp³-hybridized carbons (Fsp3) is 1.00. The Kier molecular flexibility index (Phi) is 0.652. The fourth-order valence-electron chi connectivity index (χ4n) is 0. The van der Waals surface area contributed by atoms with Gasteiger partial charge in [0.15, 0.2) is 0 Å². The second-order valence-electron chi connectivity index (χ2n) is 0.386. The van der Waals surface area contributed by atoms with E-state index >= 15 is 0 Å². The van der Waals surface area contributed by atoms with Crippen LogP contribution in [0.3, 0.4) is 0 Å². The Morgan fingerprint density at radius 3 is 3.60 bits per heavy atom. The summed E-state index contributed by atoms with van der Waals surface area (Å²) in [4.78, 5) is 0. The van der Waals surface area contributed by atoms with Crippen molar-refractivity contribution in [2.45, 2.75) is 0 Å². The van der Waals surface area contributed by atoms with Gasteiger partial charge < -0.3 is 9.13 Å². The summed E-state index contributed by atoms with van der Waals surface area (Å²) in [7, 11) is -7.99. The minimum Gasteiger partial charge on any atom is -0.323 e. The topological polar surface area (TPSA) is 34.1 Å². The number of rotatable bonds is 1. The summed E-state index contributed by atoms with van der Waals surface area (Å²) in [5, 5.41) is 0. The molecule has 2 atom stereocenters. The maximum absolute atomic E-state index is 10.6. The van der Waals surface area contributed by atoms with Crippen LogP contribution in [0.4, 0.5) is 0 Å². The zero-order valence-electron chi connectivity index (χ0n) is 7.26. The standard InChI is InChI=1S/CH6O2P2/c1-5(3)4-2/h5H,4H2,1H3/i1TD2,4T,5D. The largest absolute Gasteiger partial charge is 0.323 e. The summed E-state index contributed by atoms with van der Waals surface area (Å²) in [6, 6.07) is 0. The van der Waals surface area contributed by atoms with Gasteiger partial charge in [-0.2, -0.15) is 0 Å². The molecule has 0 amide bonds. The molecule has 4 heteroatoms. The smallest absolute Gasteiger partial charge is 0.123 e. The highest BCUT2D eigenvalue weighted by Gasteiger charge is 1.70. The molecular weight excluding hydrogens is 106 g/mol. The summed E-state index contributed by atoms with van der Waals surface area (Å²) in [6.07, 6.45) is 0. The highest BCUT2D eigenvalue weighted by atomic mass is 32.0. The van der Waals surface area contributed by atoms with Gasteiger partial charge in [0.1, 0.15) is 18.1 Å². The number of hydrogen-bond acceptors (Lipinski definition) is 2. The van der Waals surface area contributed by atoms with Gasteiger partial charge in [0, 0.05) is 4.11 Å². The van der Waals surface area contributed by atoms with Gasteiger partial charge >= 0.3 is 0 Å². The lowest BCUT2D eigenvalue weighted by Gasteiger charge is -1.62. The third kappa shape index (κ3) is 4.46. The van der Waals surface area contributed by atoms with Crippen LogP contribution in [0.1, 0.15) is 4.11 Å². The van der Waals surface area contributed by atoms with Crippen LogP contribution in [0.15, 0.2) is 0 Å². The fourth-order valence-corrected chi connectivity index (χ4v) is 0. The van der Waals surface area contributed by atoms with E-state index in [1.807, 2.05) is 0 Å². The van der Waals surface area contributed by atoms with Crippen LogP contribution in [0.5, 0.6) is 0 Å². The Hall–Kier alpha value is 0.460. The van der Waals surface area contributed by atoms with E-state index in [0.29, 0.717) is 0 Å². The van der Waals surface area contributed by atoms with Crippen LogP contribution in [-0.4, -0.2) is 9.15 Å². The van der Waals surface area contributed by atoms with Crippen LogP contribution in [-0.2, 0) is 9.13 Å². The van der Waals surface area contributed by atoms with Gasteiger partial charge in [-0.1, -0.05) is 0 Å². The molecule has 0 N–H and O–H groups in total. The molecule has 0 heterocycles. The molecule has 0 aromatic heterocycles. The maximum atomic E-state index is 10.6. The lowest BCUT2D eigenvalue weighted by molar-refractivity contribution is 0.587.